The Hall–Kier alpha value is -2.38. The first-order valence-corrected chi connectivity index (χ1v) is 10.6. The summed E-state index contributed by atoms with van der Waals surface area (Å²) in [6, 6.07) is 7.66. The quantitative estimate of drug-likeness (QED) is 0.607. The first kappa shape index (κ1) is 22.3. The highest BCUT2D eigenvalue weighted by Crippen LogP contribution is 2.34. The van der Waals surface area contributed by atoms with Gasteiger partial charge in [-0.1, -0.05) is 12.1 Å². The van der Waals surface area contributed by atoms with E-state index in [4.69, 9.17) is 9.47 Å². The lowest BCUT2D eigenvalue weighted by molar-refractivity contribution is -0.138. The van der Waals surface area contributed by atoms with Gasteiger partial charge in [0.25, 0.3) is 11.8 Å². The third-order valence-corrected chi connectivity index (χ3v) is 5.77. The Bertz CT molecular complexity index is 795. The molecule has 2 amide bonds. The molecule has 0 bridgehead atoms. The summed E-state index contributed by atoms with van der Waals surface area (Å²) in [6.45, 7) is 6.47. The molecule has 0 atom stereocenters. The molecule has 1 fully saturated rings. The van der Waals surface area contributed by atoms with Crippen molar-refractivity contribution in [2.24, 2.45) is 0 Å². The Labute approximate surface area is 179 Å². The molecule has 7 heteroatoms. The van der Waals surface area contributed by atoms with Crippen LogP contribution in [-0.4, -0.2) is 86.1 Å². The van der Waals surface area contributed by atoms with Crippen LogP contribution in [0.3, 0.4) is 0 Å². The van der Waals surface area contributed by atoms with E-state index in [0.717, 1.165) is 37.2 Å². The van der Waals surface area contributed by atoms with Crippen LogP contribution in [-0.2, 0) is 14.3 Å². The molecule has 1 aromatic carbocycles. The number of amides is 2. The fourth-order valence-electron chi connectivity index (χ4n) is 4.07. The Balaban J connectivity index is 1.95. The van der Waals surface area contributed by atoms with Crippen LogP contribution < -0.4 is 4.74 Å². The largest absolute Gasteiger partial charge is 0.491 e. The molecule has 2 aliphatic heterocycles. The van der Waals surface area contributed by atoms with Crippen LogP contribution in [0, 0.1) is 0 Å². The molecule has 0 saturated carbocycles. The van der Waals surface area contributed by atoms with E-state index in [2.05, 4.69) is 11.9 Å². The van der Waals surface area contributed by atoms with Gasteiger partial charge in [0.05, 0.1) is 24.8 Å². The van der Waals surface area contributed by atoms with Crippen molar-refractivity contribution in [3.63, 3.8) is 0 Å². The SMILES string of the molecule is COCCN1C(=O)C(c2ccc(OC(C)C)cc2)=C(N(C)C2CCN(C)CC2)C1=O. The molecule has 1 aromatic rings. The second-order valence-corrected chi connectivity index (χ2v) is 8.31. The lowest BCUT2D eigenvalue weighted by atomic mass is 10.00. The average Bonchev–Trinajstić information content (AvgIpc) is 2.96. The zero-order chi connectivity index (χ0) is 21.8. The van der Waals surface area contributed by atoms with Crippen LogP contribution in [0.5, 0.6) is 5.75 Å². The summed E-state index contributed by atoms with van der Waals surface area (Å²) in [6.07, 6.45) is 2.00. The van der Waals surface area contributed by atoms with Crippen LogP contribution in [0.4, 0.5) is 0 Å². The molecule has 164 valence electrons. The van der Waals surface area contributed by atoms with Gasteiger partial charge in [0, 0.05) is 20.2 Å². The number of rotatable bonds is 8. The monoisotopic (exact) mass is 415 g/mol. The summed E-state index contributed by atoms with van der Waals surface area (Å²) in [5.41, 5.74) is 1.69. The summed E-state index contributed by atoms with van der Waals surface area (Å²) >= 11 is 0. The van der Waals surface area contributed by atoms with Crippen molar-refractivity contribution in [3.05, 3.63) is 35.5 Å². The minimum Gasteiger partial charge on any atom is -0.491 e. The van der Waals surface area contributed by atoms with Crippen molar-refractivity contribution in [3.8, 4) is 5.75 Å². The first-order valence-electron chi connectivity index (χ1n) is 10.6. The molecule has 0 aliphatic carbocycles. The van der Waals surface area contributed by atoms with Gasteiger partial charge in [-0.05, 0) is 64.5 Å². The molecule has 3 rings (SSSR count). The van der Waals surface area contributed by atoms with E-state index in [9.17, 15) is 9.59 Å². The van der Waals surface area contributed by atoms with Gasteiger partial charge < -0.3 is 19.3 Å². The summed E-state index contributed by atoms with van der Waals surface area (Å²) in [5.74, 6) is 0.243. The van der Waals surface area contributed by atoms with Crippen LogP contribution >= 0.6 is 0 Å². The van der Waals surface area contributed by atoms with Gasteiger partial charge in [0.15, 0.2) is 0 Å². The molecule has 0 radical (unpaired) electrons. The van der Waals surface area contributed by atoms with Crippen molar-refractivity contribution in [2.75, 3.05) is 47.4 Å². The van der Waals surface area contributed by atoms with Gasteiger partial charge in [-0.3, -0.25) is 14.5 Å². The Morgan fingerprint density at radius 3 is 2.30 bits per heavy atom. The number of ether oxygens (including phenoxy) is 2. The Morgan fingerprint density at radius 1 is 1.10 bits per heavy atom. The average molecular weight is 416 g/mol. The van der Waals surface area contributed by atoms with E-state index >= 15 is 0 Å². The molecule has 2 aliphatic rings. The number of carbonyl (C=O) groups excluding carboxylic acids is 2. The van der Waals surface area contributed by atoms with E-state index in [0.29, 0.717) is 17.9 Å². The summed E-state index contributed by atoms with van der Waals surface area (Å²) in [5, 5.41) is 0. The number of hydrogen-bond donors (Lipinski definition) is 0. The van der Waals surface area contributed by atoms with Crippen LogP contribution in [0.2, 0.25) is 0 Å². The number of methoxy groups -OCH3 is 1. The molecular formula is C23H33N3O4. The van der Waals surface area contributed by atoms with Crippen LogP contribution in [0.25, 0.3) is 5.57 Å². The molecule has 0 N–H and O–H groups in total. The molecular weight excluding hydrogens is 382 g/mol. The maximum Gasteiger partial charge on any atom is 0.277 e. The van der Waals surface area contributed by atoms with Crippen molar-refractivity contribution in [1.82, 2.24) is 14.7 Å². The number of likely N-dealkylation sites (tertiary alicyclic amines) is 1. The van der Waals surface area contributed by atoms with Gasteiger partial charge in [0.2, 0.25) is 0 Å². The normalized spacial score (nSPS) is 18.7. The Morgan fingerprint density at radius 2 is 1.73 bits per heavy atom. The summed E-state index contributed by atoms with van der Waals surface area (Å²) in [7, 11) is 5.61. The summed E-state index contributed by atoms with van der Waals surface area (Å²) in [4.78, 5) is 32.2. The molecule has 0 unspecified atom stereocenters. The predicted molar refractivity (Wildman–Crippen MR) is 116 cm³/mol. The number of piperidine rings is 1. The van der Waals surface area contributed by atoms with E-state index in [1.54, 1.807) is 7.11 Å². The van der Waals surface area contributed by atoms with Crippen molar-refractivity contribution >= 4 is 17.4 Å². The number of nitrogens with zero attached hydrogens (tertiary/aromatic N) is 3. The van der Waals surface area contributed by atoms with Gasteiger partial charge in [0.1, 0.15) is 11.4 Å². The fourth-order valence-corrected chi connectivity index (χ4v) is 4.07. The highest BCUT2D eigenvalue weighted by molar-refractivity contribution is 6.35. The maximum absolute atomic E-state index is 13.3. The van der Waals surface area contributed by atoms with E-state index in [1.165, 1.54) is 4.90 Å². The summed E-state index contributed by atoms with van der Waals surface area (Å²) < 4.78 is 10.8. The number of imide groups is 1. The second kappa shape index (κ2) is 9.62. The van der Waals surface area contributed by atoms with Crippen molar-refractivity contribution in [1.29, 1.82) is 0 Å². The molecule has 1 saturated heterocycles. The van der Waals surface area contributed by atoms with Crippen molar-refractivity contribution < 1.29 is 19.1 Å². The Kier molecular flexibility index (Phi) is 7.15. The van der Waals surface area contributed by atoms with Gasteiger partial charge >= 0.3 is 0 Å². The number of benzene rings is 1. The lowest BCUT2D eigenvalue weighted by Crippen LogP contribution is -2.44. The van der Waals surface area contributed by atoms with Gasteiger partial charge in [-0.25, -0.2) is 0 Å². The zero-order valence-corrected chi connectivity index (χ0v) is 18.7. The van der Waals surface area contributed by atoms with Gasteiger partial charge in [-0.15, -0.1) is 0 Å². The first-order chi connectivity index (χ1) is 14.3. The zero-order valence-electron chi connectivity index (χ0n) is 18.7. The topological polar surface area (TPSA) is 62.3 Å². The molecule has 30 heavy (non-hydrogen) atoms. The standard InChI is InChI=1S/C23H33N3O4/c1-16(2)30-19-8-6-17(7-9-19)20-21(23(28)26(22(20)27)14-15-29-5)25(4)18-10-12-24(3)13-11-18/h6-9,16,18H,10-15H2,1-5H3. The number of likely N-dealkylation sites (N-methyl/N-ethyl adjacent to an activating group) is 1. The molecule has 7 nitrogen and oxygen atoms in total. The fraction of sp³-hybridized carbons (Fsp3) is 0.565. The van der Waals surface area contributed by atoms with E-state index in [1.807, 2.05) is 50.1 Å². The molecule has 0 aromatic heterocycles. The highest BCUT2D eigenvalue weighted by Gasteiger charge is 2.42. The third kappa shape index (κ3) is 4.68. The van der Waals surface area contributed by atoms with Crippen LogP contribution in [0.15, 0.2) is 30.0 Å². The van der Waals surface area contributed by atoms with Crippen molar-refractivity contribution in [2.45, 2.75) is 38.8 Å². The number of carbonyl (C=O) groups is 2. The van der Waals surface area contributed by atoms with E-state index in [-0.39, 0.29) is 30.5 Å². The highest BCUT2D eigenvalue weighted by atomic mass is 16.5. The van der Waals surface area contributed by atoms with Crippen LogP contribution in [0.1, 0.15) is 32.3 Å². The molecule has 0 spiro atoms. The second-order valence-electron chi connectivity index (χ2n) is 8.31. The van der Waals surface area contributed by atoms with Gasteiger partial charge in [-0.2, -0.15) is 0 Å². The maximum atomic E-state index is 13.3. The smallest absolute Gasteiger partial charge is 0.277 e. The predicted octanol–water partition coefficient (Wildman–Crippen LogP) is 2.23. The minimum atomic E-state index is -0.260. The minimum absolute atomic E-state index is 0.0698. The number of hydrogen-bond acceptors (Lipinski definition) is 6. The lowest BCUT2D eigenvalue weighted by Gasteiger charge is -2.36. The molecule has 2 heterocycles. The third-order valence-electron chi connectivity index (χ3n) is 5.77. The van der Waals surface area contributed by atoms with E-state index < -0.39 is 0 Å².